The Hall–Kier alpha value is -1.64. The molecule has 0 heterocycles. The van der Waals surface area contributed by atoms with Gasteiger partial charge in [-0.3, -0.25) is 9.59 Å². The van der Waals surface area contributed by atoms with Gasteiger partial charge in [-0.05, 0) is 32.1 Å². The first-order chi connectivity index (χ1) is 11.7. The highest BCUT2D eigenvalue weighted by Crippen LogP contribution is 2.21. The highest BCUT2D eigenvalue weighted by Gasteiger charge is 2.20. The van der Waals surface area contributed by atoms with E-state index in [1.165, 1.54) is 32.8 Å². The number of methoxy groups -OCH3 is 1. The molecule has 3 nitrogen and oxygen atoms in total. The molecule has 1 aliphatic rings. The van der Waals surface area contributed by atoms with Gasteiger partial charge in [0, 0.05) is 12.0 Å². The number of carbonyl (C=O) groups excluding carboxylic acids is 2. The second-order valence-electron chi connectivity index (χ2n) is 6.36. The van der Waals surface area contributed by atoms with Crippen LogP contribution in [0, 0.1) is 5.92 Å². The number of hydrogen-bond donors (Lipinski definition) is 0. The van der Waals surface area contributed by atoms with Crippen molar-refractivity contribution < 1.29 is 14.3 Å². The normalized spacial score (nSPS) is 18.8. The summed E-state index contributed by atoms with van der Waals surface area (Å²) in [6.45, 7) is 2.21. The van der Waals surface area contributed by atoms with E-state index in [4.69, 9.17) is 0 Å². The maximum Gasteiger partial charge on any atom is 0.305 e. The number of carbonyl (C=O) groups is 2. The molecule has 0 saturated carbocycles. The van der Waals surface area contributed by atoms with Gasteiger partial charge in [-0.25, -0.2) is 0 Å². The molecule has 0 bridgehead atoms. The largest absolute Gasteiger partial charge is 0.469 e. The summed E-state index contributed by atoms with van der Waals surface area (Å²) in [7, 11) is 1.42. The Balaban J connectivity index is 2.20. The molecule has 3 heteroatoms. The van der Waals surface area contributed by atoms with Crippen LogP contribution in [0.3, 0.4) is 0 Å². The van der Waals surface area contributed by atoms with Gasteiger partial charge in [0.25, 0.3) is 0 Å². The number of unbranched alkanes of at least 4 members (excludes halogenated alkanes) is 7. The zero-order chi connectivity index (χ0) is 17.6. The van der Waals surface area contributed by atoms with Crippen molar-refractivity contribution in [2.45, 2.75) is 71.1 Å². The zero-order valence-corrected chi connectivity index (χ0v) is 15.3. The second kappa shape index (κ2) is 12.7. The summed E-state index contributed by atoms with van der Waals surface area (Å²) in [6, 6.07) is 0. The molecule has 24 heavy (non-hydrogen) atoms. The van der Waals surface area contributed by atoms with Crippen molar-refractivity contribution in [1.82, 2.24) is 0 Å². The summed E-state index contributed by atoms with van der Waals surface area (Å²) in [6.07, 6.45) is 20.5. The van der Waals surface area contributed by atoms with E-state index in [9.17, 15) is 9.59 Å². The second-order valence-corrected chi connectivity index (χ2v) is 6.36. The first kappa shape index (κ1) is 20.4. The third-order valence-electron chi connectivity index (χ3n) is 4.32. The summed E-state index contributed by atoms with van der Waals surface area (Å²) < 4.78 is 4.61. The molecule has 1 unspecified atom stereocenters. The highest BCUT2D eigenvalue weighted by atomic mass is 16.5. The Morgan fingerprint density at radius 1 is 1.12 bits per heavy atom. The van der Waals surface area contributed by atoms with Crippen LogP contribution in [0.25, 0.3) is 0 Å². The van der Waals surface area contributed by atoms with Crippen molar-refractivity contribution >= 4 is 11.8 Å². The van der Waals surface area contributed by atoms with Gasteiger partial charge in [-0.15, -0.1) is 0 Å². The SMILES string of the molecule is CCCCCCC=CC1C=CC(=CCCCCCC(=O)OC)C1=O. The quantitative estimate of drug-likeness (QED) is 0.210. The third-order valence-corrected chi connectivity index (χ3v) is 4.32. The average molecular weight is 332 g/mol. The molecular formula is C21H32O3. The summed E-state index contributed by atoms with van der Waals surface area (Å²) in [4.78, 5) is 23.3. The van der Waals surface area contributed by atoms with Gasteiger partial charge >= 0.3 is 5.97 Å². The van der Waals surface area contributed by atoms with Crippen LogP contribution in [0.2, 0.25) is 0 Å². The van der Waals surface area contributed by atoms with E-state index in [-0.39, 0.29) is 17.7 Å². The molecule has 0 amide bonds. The predicted octanol–water partition coefficient (Wildman–Crippen LogP) is 5.32. The van der Waals surface area contributed by atoms with Crippen molar-refractivity contribution in [3.8, 4) is 0 Å². The van der Waals surface area contributed by atoms with Crippen LogP contribution < -0.4 is 0 Å². The van der Waals surface area contributed by atoms with Gasteiger partial charge in [0.05, 0.1) is 13.0 Å². The van der Waals surface area contributed by atoms with Gasteiger partial charge in [-0.1, -0.05) is 63.0 Å². The Morgan fingerprint density at radius 2 is 1.88 bits per heavy atom. The van der Waals surface area contributed by atoms with Crippen molar-refractivity contribution in [3.05, 3.63) is 36.0 Å². The lowest BCUT2D eigenvalue weighted by Crippen LogP contribution is -2.05. The Morgan fingerprint density at radius 3 is 2.62 bits per heavy atom. The van der Waals surface area contributed by atoms with Crippen LogP contribution in [0.15, 0.2) is 36.0 Å². The molecular weight excluding hydrogens is 300 g/mol. The lowest BCUT2D eigenvalue weighted by molar-refractivity contribution is -0.140. The van der Waals surface area contributed by atoms with Gasteiger partial charge < -0.3 is 4.74 Å². The molecule has 0 aliphatic heterocycles. The van der Waals surface area contributed by atoms with Crippen LogP contribution in [0.1, 0.15) is 71.1 Å². The van der Waals surface area contributed by atoms with Crippen molar-refractivity contribution in [2.24, 2.45) is 5.92 Å². The molecule has 0 spiro atoms. The number of ether oxygens (including phenoxy) is 1. The average Bonchev–Trinajstić information content (AvgIpc) is 2.94. The van der Waals surface area contributed by atoms with Gasteiger partial charge in [0.2, 0.25) is 0 Å². The van der Waals surface area contributed by atoms with Gasteiger partial charge in [0.1, 0.15) is 0 Å². The van der Waals surface area contributed by atoms with E-state index in [2.05, 4.69) is 17.7 Å². The maximum absolute atomic E-state index is 12.3. The molecule has 0 N–H and O–H groups in total. The summed E-state index contributed by atoms with van der Waals surface area (Å²) in [5.74, 6) is 0.00250. The van der Waals surface area contributed by atoms with Gasteiger partial charge in [0.15, 0.2) is 5.78 Å². The van der Waals surface area contributed by atoms with Crippen LogP contribution in [0.4, 0.5) is 0 Å². The fourth-order valence-electron chi connectivity index (χ4n) is 2.77. The number of allylic oxidation sites excluding steroid dienone is 6. The Kier molecular flexibility index (Phi) is 10.8. The Bertz CT molecular complexity index is 471. The fraction of sp³-hybridized carbons (Fsp3) is 0.619. The van der Waals surface area contributed by atoms with E-state index < -0.39 is 0 Å². The predicted molar refractivity (Wildman–Crippen MR) is 98.7 cm³/mol. The summed E-state index contributed by atoms with van der Waals surface area (Å²) in [5, 5.41) is 0. The molecule has 0 fully saturated rings. The monoisotopic (exact) mass is 332 g/mol. The lowest BCUT2D eigenvalue weighted by atomic mass is 10.0. The van der Waals surface area contributed by atoms with E-state index in [1.807, 2.05) is 24.3 Å². The first-order valence-corrected chi connectivity index (χ1v) is 9.35. The van der Waals surface area contributed by atoms with Crippen LogP contribution in [0.5, 0.6) is 0 Å². The van der Waals surface area contributed by atoms with Crippen LogP contribution in [-0.4, -0.2) is 18.9 Å². The fourth-order valence-corrected chi connectivity index (χ4v) is 2.77. The van der Waals surface area contributed by atoms with E-state index in [0.29, 0.717) is 6.42 Å². The molecule has 1 atom stereocenters. The summed E-state index contributed by atoms with van der Waals surface area (Å²) >= 11 is 0. The standard InChI is InChI=1S/C21H32O3/c1-3-4-5-6-7-10-13-18-16-17-19(21(18)23)14-11-8-9-12-15-20(22)24-2/h10,13-14,16-18H,3-9,11-12,15H2,1-2H3. The number of hydrogen-bond acceptors (Lipinski definition) is 3. The molecule has 0 aromatic carbocycles. The zero-order valence-electron chi connectivity index (χ0n) is 15.3. The molecule has 0 aromatic rings. The van der Waals surface area contributed by atoms with E-state index in [0.717, 1.165) is 37.7 Å². The molecule has 0 saturated heterocycles. The van der Waals surface area contributed by atoms with E-state index >= 15 is 0 Å². The topological polar surface area (TPSA) is 43.4 Å². The van der Waals surface area contributed by atoms with E-state index in [1.54, 1.807) is 0 Å². The van der Waals surface area contributed by atoms with Gasteiger partial charge in [-0.2, -0.15) is 0 Å². The molecule has 1 aliphatic carbocycles. The number of rotatable bonds is 12. The number of ketones is 1. The molecule has 1 rings (SSSR count). The third kappa shape index (κ3) is 8.28. The molecule has 134 valence electrons. The maximum atomic E-state index is 12.3. The minimum Gasteiger partial charge on any atom is -0.469 e. The first-order valence-electron chi connectivity index (χ1n) is 9.35. The van der Waals surface area contributed by atoms with Crippen LogP contribution in [-0.2, 0) is 14.3 Å². The Labute approximate surface area is 146 Å². The molecule has 0 radical (unpaired) electrons. The highest BCUT2D eigenvalue weighted by molar-refractivity contribution is 6.04. The van der Waals surface area contributed by atoms with Crippen molar-refractivity contribution in [3.63, 3.8) is 0 Å². The van der Waals surface area contributed by atoms with Crippen molar-refractivity contribution in [1.29, 1.82) is 0 Å². The number of Topliss-reactive ketones (excluding diaryl/α,β-unsaturated/α-hetero) is 1. The van der Waals surface area contributed by atoms with Crippen molar-refractivity contribution in [2.75, 3.05) is 7.11 Å². The summed E-state index contributed by atoms with van der Waals surface area (Å²) in [5.41, 5.74) is 0.837. The minimum absolute atomic E-state index is 0.0678. The molecule has 0 aromatic heterocycles. The van der Waals surface area contributed by atoms with Crippen LogP contribution >= 0.6 is 0 Å². The lowest BCUT2D eigenvalue weighted by Gasteiger charge is -2.01. The smallest absolute Gasteiger partial charge is 0.305 e. The number of esters is 1. The minimum atomic E-state index is -0.147.